The normalized spacial score (nSPS) is 10.8. The van der Waals surface area contributed by atoms with Crippen molar-refractivity contribution in [2.24, 2.45) is 0 Å². The van der Waals surface area contributed by atoms with E-state index >= 15 is 0 Å². The van der Waals surface area contributed by atoms with E-state index in [-0.39, 0.29) is 5.91 Å². The molecular formula is C16H27N3O. The number of hydrogen-bond donors (Lipinski definition) is 2. The van der Waals surface area contributed by atoms with Gasteiger partial charge in [-0.2, -0.15) is 0 Å². The van der Waals surface area contributed by atoms with Crippen molar-refractivity contribution < 1.29 is 4.79 Å². The number of nitrogens with one attached hydrogen (secondary N) is 2. The largest absolute Gasteiger partial charge is 0.326 e. The van der Waals surface area contributed by atoms with Crippen LogP contribution in [0.1, 0.15) is 32.3 Å². The quantitative estimate of drug-likeness (QED) is 0.682. The number of rotatable bonds is 9. The van der Waals surface area contributed by atoms with Crippen LogP contribution in [0.2, 0.25) is 0 Å². The van der Waals surface area contributed by atoms with Gasteiger partial charge < -0.3 is 10.6 Å². The second-order valence-corrected chi connectivity index (χ2v) is 4.92. The number of nitrogens with zero attached hydrogens (tertiary/aromatic N) is 1. The molecule has 0 radical (unpaired) electrons. The molecule has 4 heteroatoms. The van der Waals surface area contributed by atoms with E-state index in [0.29, 0.717) is 6.42 Å². The molecule has 112 valence electrons. The Morgan fingerprint density at radius 2 is 2.00 bits per heavy atom. The van der Waals surface area contributed by atoms with Gasteiger partial charge in [0.05, 0.1) is 0 Å². The van der Waals surface area contributed by atoms with Gasteiger partial charge in [0.1, 0.15) is 0 Å². The van der Waals surface area contributed by atoms with Crippen molar-refractivity contribution in [3.8, 4) is 0 Å². The van der Waals surface area contributed by atoms with Gasteiger partial charge in [0.2, 0.25) is 5.91 Å². The fraction of sp³-hybridized carbons (Fsp3) is 0.562. The lowest BCUT2D eigenvalue weighted by Crippen LogP contribution is -2.22. The van der Waals surface area contributed by atoms with Gasteiger partial charge in [0.25, 0.3) is 0 Å². The van der Waals surface area contributed by atoms with E-state index in [9.17, 15) is 4.79 Å². The molecule has 0 aliphatic carbocycles. The van der Waals surface area contributed by atoms with E-state index in [1.54, 1.807) is 0 Å². The molecule has 0 heterocycles. The van der Waals surface area contributed by atoms with Crippen LogP contribution in [-0.4, -0.2) is 37.5 Å². The van der Waals surface area contributed by atoms with Gasteiger partial charge in [0, 0.05) is 18.7 Å². The molecule has 1 rings (SSSR count). The van der Waals surface area contributed by atoms with Crippen LogP contribution < -0.4 is 10.6 Å². The number of anilines is 1. The highest BCUT2D eigenvalue weighted by Gasteiger charge is 2.04. The molecule has 0 unspecified atom stereocenters. The summed E-state index contributed by atoms with van der Waals surface area (Å²) in [5.74, 6) is 0.0836. The number of carbonyl (C=O) groups excluding carboxylic acids is 1. The zero-order valence-electron chi connectivity index (χ0n) is 12.9. The summed E-state index contributed by atoms with van der Waals surface area (Å²) in [7, 11) is 1.90. The minimum atomic E-state index is 0.0836. The molecule has 0 fully saturated rings. The fourth-order valence-corrected chi connectivity index (χ4v) is 2.10. The summed E-state index contributed by atoms with van der Waals surface area (Å²) < 4.78 is 0. The van der Waals surface area contributed by atoms with Gasteiger partial charge in [-0.25, -0.2) is 0 Å². The Morgan fingerprint density at radius 3 is 2.65 bits per heavy atom. The first kappa shape index (κ1) is 16.7. The van der Waals surface area contributed by atoms with Crippen molar-refractivity contribution in [2.45, 2.75) is 33.2 Å². The minimum Gasteiger partial charge on any atom is -0.326 e. The van der Waals surface area contributed by atoms with E-state index in [1.807, 2.05) is 19.2 Å². The summed E-state index contributed by atoms with van der Waals surface area (Å²) in [6, 6.07) is 8.12. The zero-order chi connectivity index (χ0) is 14.8. The average Bonchev–Trinajstić information content (AvgIpc) is 2.45. The van der Waals surface area contributed by atoms with E-state index in [1.165, 1.54) is 5.56 Å². The highest BCUT2D eigenvalue weighted by atomic mass is 16.1. The third-order valence-electron chi connectivity index (χ3n) is 3.34. The Morgan fingerprint density at radius 1 is 1.25 bits per heavy atom. The molecule has 2 N–H and O–H groups in total. The Hall–Kier alpha value is -1.39. The summed E-state index contributed by atoms with van der Waals surface area (Å²) in [4.78, 5) is 14.1. The van der Waals surface area contributed by atoms with Crippen LogP contribution in [0.5, 0.6) is 0 Å². The zero-order valence-corrected chi connectivity index (χ0v) is 12.9. The lowest BCUT2D eigenvalue weighted by atomic mass is 10.2. The SMILES string of the molecule is CCN(CC)Cc1cccc(NC(=O)CCCNC)c1. The standard InChI is InChI=1S/C16H27N3O/c1-4-19(5-2)13-14-8-6-9-15(12-14)18-16(20)10-7-11-17-3/h6,8-9,12,17H,4-5,7,10-11,13H2,1-3H3,(H,18,20). The van der Waals surface area contributed by atoms with E-state index in [4.69, 9.17) is 0 Å². The van der Waals surface area contributed by atoms with Crippen molar-refractivity contribution in [3.63, 3.8) is 0 Å². The third kappa shape index (κ3) is 6.17. The van der Waals surface area contributed by atoms with Crippen LogP contribution in [0.4, 0.5) is 5.69 Å². The fourth-order valence-electron chi connectivity index (χ4n) is 2.10. The molecule has 0 spiro atoms. The molecule has 0 aliphatic heterocycles. The molecule has 1 aromatic carbocycles. The van der Waals surface area contributed by atoms with Gasteiger partial charge in [-0.15, -0.1) is 0 Å². The van der Waals surface area contributed by atoms with Crippen LogP contribution in [0, 0.1) is 0 Å². The summed E-state index contributed by atoms with van der Waals surface area (Å²) in [6.45, 7) is 8.20. The van der Waals surface area contributed by atoms with Gasteiger partial charge in [-0.1, -0.05) is 26.0 Å². The first-order valence-electron chi connectivity index (χ1n) is 7.45. The smallest absolute Gasteiger partial charge is 0.224 e. The summed E-state index contributed by atoms with van der Waals surface area (Å²) in [5.41, 5.74) is 2.13. The Labute approximate surface area is 122 Å². The summed E-state index contributed by atoms with van der Waals surface area (Å²) in [6.07, 6.45) is 1.42. The Bertz CT molecular complexity index is 402. The lowest BCUT2D eigenvalue weighted by Gasteiger charge is -2.18. The minimum absolute atomic E-state index is 0.0836. The predicted octanol–water partition coefficient (Wildman–Crippen LogP) is 2.47. The average molecular weight is 277 g/mol. The van der Waals surface area contributed by atoms with Crippen LogP contribution in [0.15, 0.2) is 24.3 Å². The molecule has 0 aromatic heterocycles. The first-order valence-corrected chi connectivity index (χ1v) is 7.45. The highest BCUT2D eigenvalue weighted by molar-refractivity contribution is 5.90. The first-order chi connectivity index (χ1) is 9.69. The van der Waals surface area contributed by atoms with Crippen molar-refractivity contribution in [2.75, 3.05) is 32.0 Å². The molecule has 0 bridgehead atoms. The molecule has 0 aliphatic rings. The molecule has 0 saturated heterocycles. The van der Waals surface area contributed by atoms with Gasteiger partial charge in [-0.3, -0.25) is 9.69 Å². The summed E-state index contributed by atoms with van der Waals surface area (Å²) >= 11 is 0. The summed E-state index contributed by atoms with van der Waals surface area (Å²) in [5, 5.41) is 6.01. The molecule has 0 atom stereocenters. The van der Waals surface area contributed by atoms with E-state index < -0.39 is 0 Å². The number of amides is 1. The predicted molar refractivity (Wildman–Crippen MR) is 84.9 cm³/mol. The molecule has 1 amide bonds. The maximum atomic E-state index is 11.8. The molecular weight excluding hydrogens is 250 g/mol. The van der Waals surface area contributed by atoms with Crippen LogP contribution in [-0.2, 0) is 11.3 Å². The van der Waals surface area contributed by atoms with Crippen molar-refractivity contribution in [1.82, 2.24) is 10.2 Å². The van der Waals surface area contributed by atoms with Crippen LogP contribution in [0.25, 0.3) is 0 Å². The molecule has 0 saturated carbocycles. The van der Waals surface area contributed by atoms with Gasteiger partial charge in [-0.05, 0) is 50.8 Å². The lowest BCUT2D eigenvalue weighted by molar-refractivity contribution is -0.116. The van der Waals surface area contributed by atoms with Gasteiger partial charge >= 0.3 is 0 Å². The van der Waals surface area contributed by atoms with E-state index in [0.717, 1.165) is 38.3 Å². The second-order valence-electron chi connectivity index (χ2n) is 4.92. The second kappa shape index (κ2) is 9.50. The van der Waals surface area contributed by atoms with Crippen LogP contribution >= 0.6 is 0 Å². The monoisotopic (exact) mass is 277 g/mol. The van der Waals surface area contributed by atoms with Gasteiger partial charge in [0.15, 0.2) is 0 Å². The topological polar surface area (TPSA) is 44.4 Å². The van der Waals surface area contributed by atoms with E-state index in [2.05, 4.69) is 41.5 Å². The Balaban J connectivity index is 2.52. The number of hydrogen-bond acceptors (Lipinski definition) is 3. The van der Waals surface area contributed by atoms with Crippen molar-refractivity contribution in [3.05, 3.63) is 29.8 Å². The van der Waals surface area contributed by atoms with Crippen molar-refractivity contribution >= 4 is 11.6 Å². The molecule has 4 nitrogen and oxygen atoms in total. The molecule has 20 heavy (non-hydrogen) atoms. The number of carbonyl (C=O) groups is 1. The number of benzene rings is 1. The van der Waals surface area contributed by atoms with Crippen LogP contribution in [0.3, 0.4) is 0 Å². The van der Waals surface area contributed by atoms with Crippen molar-refractivity contribution in [1.29, 1.82) is 0 Å². The molecule has 1 aromatic rings. The maximum absolute atomic E-state index is 11.8. The highest BCUT2D eigenvalue weighted by Crippen LogP contribution is 2.13. The third-order valence-corrected chi connectivity index (χ3v) is 3.34. The maximum Gasteiger partial charge on any atom is 0.224 e. The Kier molecular flexibility index (Phi) is 7.92.